The maximum absolute atomic E-state index is 12.1. The molecular weight excluding hydrogens is 376 g/mol. The van der Waals surface area contributed by atoms with Gasteiger partial charge in [-0.3, -0.25) is 4.79 Å². The number of carbonyl (C=O) groups is 1. The van der Waals surface area contributed by atoms with Gasteiger partial charge in [0.05, 0.1) is 18.8 Å². The molecule has 0 fully saturated rings. The predicted octanol–water partition coefficient (Wildman–Crippen LogP) is 2.87. The number of nitrogens with one attached hydrogen (secondary N) is 2. The van der Waals surface area contributed by atoms with Crippen molar-refractivity contribution in [3.8, 4) is 5.75 Å². The number of carbonyl (C=O) groups excluding carboxylic acids is 1. The minimum atomic E-state index is -3.45. The first-order valence-corrected chi connectivity index (χ1v) is 10.3. The lowest BCUT2D eigenvalue weighted by Gasteiger charge is -2.15. The van der Waals surface area contributed by atoms with E-state index in [-0.39, 0.29) is 23.1 Å². The number of anilines is 1. The minimum absolute atomic E-state index is 0.0300. The molecule has 8 heteroatoms. The zero-order chi connectivity index (χ0) is 19.2. The second-order valence-electron chi connectivity index (χ2n) is 5.56. The van der Waals surface area contributed by atoms with Gasteiger partial charge >= 0.3 is 0 Å². The highest BCUT2D eigenvalue weighted by molar-refractivity contribution is 7.90. The molecule has 0 saturated heterocycles. The predicted molar refractivity (Wildman–Crippen MR) is 103 cm³/mol. The van der Waals surface area contributed by atoms with Crippen molar-refractivity contribution >= 4 is 33.0 Å². The Morgan fingerprint density at radius 2 is 1.88 bits per heavy atom. The summed E-state index contributed by atoms with van der Waals surface area (Å²) in [5.74, 6) is -0.0338. The summed E-state index contributed by atoms with van der Waals surface area (Å²) in [6, 6.07) is 12.0. The Morgan fingerprint density at radius 3 is 2.54 bits per heavy atom. The SMILES string of the molecule is CCOc1c(NCC(=O)NCc2ccccc2Cl)cccc1S(C)(=O)=O. The van der Waals surface area contributed by atoms with Gasteiger partial charge in [-0.1, -0.05) is 35.9 Å². The van der Waals surface area contributed by atoms with Gasteiger partial charge in [0.15, 0.2) is 15.6 Å². The Labute approximate surface area is 158 Å². The summed E-state index contributed by atoms with van der Waals surface area (Å²) in [7, 11) is -3.45. The van der Waals surface area contributed by atoms with Crippen LogP contribution < -0.4 is 15.4 Å². The van der Waals surface area contributed by atoms with Crippen LogP contribution in [0, 0.1) is 0 Å². The van der Waals surface area contributed by atoms with E-state index >= 15 is 0 Å². The molecule has 6 nitrogen and oxygen atoms in total. The molecule has 0 radical (unpaired) electrons. The van der Waals surface area contributed by atoms with Crippen molar-refractivity contribution in [3.63, 3.8) is 0 Å². The normalized spacial score (nSPS) is 11.0. The zero-order valence-corrected chi connectivity index (χ0v) is 16.2. The number of sulfone groups is 1. The average Bonchev–Trinajstić information content (AvgIpc) is 2.59. The Kier molecular flexibility index (Phi) is 6.88. The van der Waals surface area contributed by atoms with Crippen LogP contribution in [0.5, 0.6) is 5.75 Å². The molecule has 2 rings (SSSR count). The molecule has 26 heavy (non-hydrogen) atoms. The van der Waals surface area contributed by atoms with Gasteiger partial charge in [-0.25, -0.2) is 8.42 Å². The molecular formula is C18H21ClN2O4S. The monoisotopic (exact) mass is 396 g/mol. The van der Waals surface area contributed by atoms with Crippen molar-refractivity contribution in [1.82, 2.24) is 5.32 Å². The molecule has 0 bridgehead atoms. The number of halogens is 1. The smallest absolute Gasteiger partial charge is 0.239 e. The molecule has 2 aromatic rings. The van der Waals surface area contributed by atoms with Crippen molar-refractivity contribution in [1.29, 1.82) is 0 Å². The van der Waals surface area contributed by atoms with Gasteiger partial charge < -0.3 is 15.4 Å². The fraction of sp³-hybridized carbons (Fsp3) is 0.278. The first kappa shape index (κ1) is 20.1. The number of amides is 1. The molecule has 0 saturated carbocycles. The van der Waals surface area contributed by atoms with Gasteiger partial charge in [-0.05, 0) is 30.7 Å². The molecule has 0 heterocycles. The molecule has 0 aliphatic carbocycles. The van der Waals surface area contributed by atoms with E-state index in [2.05, 4.69) is 10.6 Å². The Balaban J connectivity index is 2.04. The summed E-state index contributed by atoms with van der Waals surface area (Å²) in [4.78, 5) is 12.2. The van der Waals surface area contributed by atoms with Gasteiger partial charge in [0.2, 0.25) is 5.91 Å². The van der Waals surface area contributed by atoms with Crippen LogP contribution >= 0.6 is 11.6 Å². The van der Waals surface area contributed by atoms with Crippen LogP contribution in [0.4, 0.5) is 5.69 Å². The van der Waals surface area contributed by atoms with E-state index in [0.717, 1.165) is 11.8 Å². The fourth-order valence-electron chi connectivity index (χ4n) is 2.31. The third-order valence-electron chi connectivity index (χ3n) is 3.54. The van der Waals surface area contributed by atoms with Gasteiger partial charge in [-0.15, -0.1) is 0 Å². The first-order chi connectivity index (χ1) is 12.3. The van der Waals surface area contributed by atoms with Crippen LogP contribution in [0.25, 0.3) is 0 Å². The Morgan fingerprint density at radius 1 is 1.15 bits per heavy atom. The Hall–Kier alpha value is -2.25. The number of hydrogen-bond acceptors (Lipinski definition) is 5. The lowest BCUT2D eigenvalue weighted by atomic mass is 10.2. The number of hydrogen-bond donors (Lipinski definition) is 2. The van der Waals surface area contributed by atoms with Crippen molar-refractivity contribution in [2.75, 3.05) is 24.7 Å². The van der Waals surface area contributed by atoms with Crippen LogP contribution in [0.2, 0.25) is 5.02 Å². The summed E-state index contributed by atoms with van der Waals surface area (Å²) in [5.41, 5.74) is 1.26. The number of para-hydroxylation sites is 1. The second-order valence-corrected chi connectivity index (χ2v) is 7.95. The Bertz CT molecular complexity index is 885. The van der Waals surface area contributed by atoms with Gasteiger partial charge in [0.25, 0.3) is 0 Å². The summed E-state index contributed by atoms with van der Waals surface area (Å²) < 4.78 is 29.3. The molecule has 0 spiro atoms. The number of rotatable bonds is 8. The van der Waals surface area contributed by atoms with Crippen molar-refractivity contribution in [2.45, 2.75) is 18.4 Å². The third-order valence-corrected chi connectivity index (χ3v) is 5.03. The van der Waals surface area contributed by atoms with Gasteiger partial charge in [0, 0.05) is 17.8 Å². The molecule has 2 aromatic carbocycles. The maximum Gasteiger partial charge on any atom is 0.239 e. The molecule has 140 valence electrons. The summed E-state index contributed by atoms with van der Waals surface area (Å²) in [5, 5.41) is 6.27. The van der Waals surface area contributed by atoms with Crippen molar-refractivity contribution in [2.24, 2.45) is 0 Å². The number of benzene rings is 2. The highest BCUT2D eigenvalue weighted by Crippen LogP contribution is 2.32. The molecule has 0 aliphatic rings. The summed E-state index contributed by atoms with van der Waals surface area (Å²) in [6.45, 7) is 2.35. The maximum atomic E-state index is 12.1. The average molecular weight is 397 g/mol. The van der Waals surface area contributed by atoms with Crippen LogP contribution in [-0.2, 0) is 21.2 Å². The van der Waals surface area contributed by atoms with Crippen molar-refractivity contribution in [3.05, 3.63) is 53.1 Å². The molecule has 2 N–H and O–H groups in total. The van der Waals surface area contributed by atoms with E-state index < -0.39 is 9.84 Å². The lowest BCUT2D eigenvalue weighted by molar-refractivity contribution is -0.119. The van der Waals surface area contributed by atoms with E-state index in [1.165, 1.54) is 6.07 Å². The minimum Gasteiger partial charge on any atom is -0.490 e. The van der Waals surface area contributed by atoms with E-state index in [1.807, 2.05) is 18.2 Å². The lowest BCUT2D eigenvalue weighted by Crippen LogP contribution is -2.29. The highest BCUT2D eigenvalue weighted by atomic mass is 35.5. The molecule has 1 amide bonds. The van der Waals surface area contributed by atoms with E-state index in [9.17, 15) is 13.2 Å². The van der Waals surface area contributed by atoms with E-state index in [4.69, 9.17) is 16.3 Å². The molecule has 0 atom stereocenters. The first-order valence-electron chi connectivity index (χ1n) is 8.02. The molecule has 0 unspecified atom stereocenters. The van der Waals surface area contributed by atoms with E-state index in [1.54, 1.807) is 25.1 Å². The standard InChI is InChI=1S/C18H21ClN2O4S/c1-3-25-18-15(9-6-10-16(18)26(2,23)24)20-12-17(22)21-11-13-7-4-5-8-14(13)19/h4-10,20H,3,11-12H2,1-2H3,(H,21,22). The summed E-state index contributed by atoms with van der Waals surface area (Å²) in [6.07, 6.45) is 1.12. The third kappa shape index (κ3) is 5.37. The second kappa shape index (κ2) is 8.91. The van der Waals surface area contributed by atoms with Gasteiger partial charge in [-0.2, -0.15) is 0 Å². The van der Waals surface area contributed by atoms with E-state index in [0.29, 0.717) is 23.9 Å². The fourth-order valence-corrected chi connectivity index (χ4v) is 3.35. The van der Waals surface area contributed by atoms with Gasteiger partial charge in [0.1, 0.15) is 4.90 Å². The summed E-state index contributed by atoms with van der Waals surface area (Å²) >= 11 is 6.06. The van der Waals surface area contributed by atoms with Crippen molar-refractivity contribution < 1.29 is 17.9 Å². The molecule has 0 aliphatic heterocycles. The zero-order valence-electron chi connectivity index (χ0n) is 14.6. The topological polar surface area (TPSA) is 84.5 Å². The van der Waals surface area contributed by atoms with Crippen LogP contribution in [0.3, 0.4) is 0 Å². The largest absolute Gasteiger partial charge is 0.490 e. The number of ether oxygens (including phenoxy) is 1. The highest BCUT2D eigenvalue weighted by Gasteiger charge is 2.18. The molecule has 0 aromatic heterocycles. The van der Waals surface area contributed by atoms with Crippen LogP contribution in [-0.4, -0.2) is 33.7 Å². The van der Waals surface area contributed by atoms with Crippen LogP contribution in [0.15, 0.2) is 47.4 Å². The van der Waals surface area contributed by atoms with Crippen LogP contribution in [0.1, 0.15) is 12.5 Å². The quantitative estimate of drug-likeness (QED) is 0.716.